The highest BCUT2D eigenvalue weighted by atomic mass is 79.9. The number of fused-ring (bicyclic) bond motifs is 3. The van der Waals surface area contributed by atoms with Crippen LogP contribution >= 0.6 is 15.9 Å². The van der Waals surface area contributed by atoms with E-state index >= 15 is 0 Å². The lowest BCUT2D eigenvalue weighted by molar-refractivity contribution is 0.660. The Bertz CT molecular complexity index is 1150. The Labute approximate surface area is 188 Å². The van der Waals surface area contributed by atoms with E-state index in [0.717, 1.165) is 6.42 Å². The lowest BCUT2D eigenvalue weighted by Crippen LogP contribution is -2.15. The molecule has 0 saturated heterocycles. The number of benzene rings is 3. The molecule has 0 unspecified atom stereocenters. The molecule has 0 fully saturated rings. The topological polar surface area (TPSA) is 0 Å². The summed E-state index contributed by atoms with van der Waals surface area (Å²) in [6, 6.07) is 26.7. The van der Waals surface area contributed by atoms with Crippen molar-refractivity contribution in [1.29, 1.82) is 0 Å². The molecule has 0 N–H and O–H groups in total. The fraction of sp³-hybridized carbons (Fsp3) is 0.241. The molecule has 2 aliphatic rings. The highest BCUT2D eigenvalue weighted by Crippen LogP contribution is 2.49. The molecule has 0 radical (unpaired) electrons. The summed E-state index contributed by atoms with van der Waals surface area (Å²) in [7, 11) is 0. The van der Waals surface area contributed by atoms with Gasteiger partial charge in [0.25, 0.3) is 0 Å². The van der Waals surface area contributed by atoms with Gasteiger partial charge in [-0.2, -0.15) is 0 Å². The average molecular weight is 455 g/mol. The van der Waals surface area contributed by atoms with Crippen LogP contribution in [0.2, 0.25) is 0 Å². The van der Waals surface area contributed by atoms with Gasteiger partial charge in [-0.25, -0.2) is 0 Å². The molecule has 0 spiro atoms. The molecule has 0 nitrogen and oxygen atoms in total. The first-order valence-corrected chi connectivity index (χ1v) is 11.8. The second-order valence-corrected chi connectivity index (χ2v) is 10.2. The highest BCUT2D eigenvalue weighted by molar-refractivity contribution is 9.09. The van der Waals surface area contributed by atoms with E-state index in [2.05, 4.69) is 115 Å². The molecule has 3 aromatic carbocycles. The SMILES string of the molecule is CC1(C)c2ccccc2-c2ccc(/C(=C\c3ccccc3)C3=C[C@H](Br)CCC3)cc21. The first-order chi connectivity index (χ1) is 14.5. The summed E-state index contributed by atoms with van der Waals surface area (Å²) in [5.41, 5.74) is 11.1. The standard InChI is InChI=1S/C29H27Br/c1-29(2)27-14-7-6-13-24(27)25-16-15-22(19-28(25)29)26(17-20-9-4-3-5-10-20)21-11-8-12-23(30)18-21/h3-7,9-10,13-19,23H,8,11-12H2,1-2H3/b26-17-/t23-/m1/s1. The molecule has 150 valence electrons. The molecule has 3 aromatic rings. The smallest absolute Gasteiger partial charge is 0.0331 e. The maximum Gasteiger partial charge on any atom is 0.0331 e. The van der Waals surface area contributed by atoms with Crippen LogP contribution in [-0.4, -0.2) is 4.83 Å². The van der Waals surface area contributed by atoms with Crippen LogP contribution < -0.4 is 0 Å². The van der Waals surface area contributed by atoms with Gasteiger partial charge < -0.3 is 0 Å². The zero-order valence-corrected chi connectivity index (χ0v) is 19.2. The summed E-state index contributed by atoms with van der Waals surface area (Å²) in [4.78, 5) is 0.468. The Morgan fingerprint density at radius 1 is 0.900 bits per heavy atom. The molecule has 2 aliphatic carbocycles. The zero-order chi connectivity index (χ0) is 20.7. The normalized spacial score (nSPS) is 19.8. The van der Waals surface area contributed by atoms with E-state index in [1.807, 2.05) is 0 Å². The Kier molecular flexibility index (Phi) is 5.03. The van der Waals surface area contributed by atoms with Crippen LogP contribution in [0, 0.1) is 0 Å². The molecule has 0 aromatic heterocycles. The predicted octanol–water partition coefficient (Wildman–Crippen LogP) is 8.41. The van der Waals surface area contributed by atoms with Gasteiger partial charge in [0.15, 0.2) is 0 Å². The van der Waals surface area contributed by atoms with Gasteiger partial charge in [-0.3, -0.25) is 0 Å². The van der Waals surface area contributed by atoms with Gasteiger partial charge >= 0.3 is 0 Å². The number of alkyl halides is 1. The van der Waals surface area contributed by atoms with Crippen molar-refractivity contribution in [3.05, 3.63) is 107 Å². The lowest BCUT2D eigenvalue weighted by Gasteiger charge is -2.24. The van der Waals surface area contributed by atoms with E-state index in [9.17, 15) is 0 Å². The third-order valence-corrected chi connectivity index (χ3v) is 7.38. The zero-order valence-electron chi connectivity index (χ0n) is 17.7. The van der Waals surface area contributed by atoms with Crippen molar-refractivity contribution >= 4 is 27.6 Å². The summed E-state index contributed by atoms with van der Waals surface area (Å²) in [6.07, 6.45) is 8.38. The fourth-order valence-electron chi connectivity index (χ4n) is 5.05. The van der Waals surface area contributed by atoms with E-state index < -0.39 is 0 Å². The number of allylic oxidation sites excluding steroid dienone is 3. The Hall–Kier alpha value is -2.38. The molecule has 30 heavy (non-hydrogen) atoms. The van der Waals surface area contributed by atoms with Crippen LogP contribution in [0.1, 0.15) is 55.4 Å². The van der Waals surface area contributed by atoms with Crippen LogP contribution in [0.3, 0.4) is 0 Å². The van der Waals surface area contributed by atoms with E-state index in [4.69, 9.17) is 0 Å². The van der Waals surface area contributed by atoms with Crippen molar-refractivity contribution < 1.29 is 0 Å². The van der Waals surface area contributed by atoms with E-state index in [-0.39, 0.29) is 5.41 Å². The Morgan fingerprint density at radius 3 is 2.43 bits per heavy atom. The maximum atomic E-state index is 3.84. The summed E-state index contributed by atoms with van der Waals surface area (Å²) >= 11 is 3.84. The first-order valence-electron chi connectivity index (χ1n) is 10.9. The van der Waals surface area contributed by atoms with E-state index in [1.54, 1.807) is 0 Å². The second kappa shape index (κ2) is 7.71. The van der Waals surface area contributed by atoms with Crippen molar-refractivity contribution in [3.8, 4) is 11.1 Å². The quantitative estimate of drug-likeness (QED) is 0.275. The van der Waals surface area contributed by atoms with Crippen LogP contribution in [0.25, 0.3) is 22.8 Å². The molecular weight excluding hydrogens is 428 g/mol. The molecule has 5 rings (SSSR count). The molecular formula is C29H27Br. The van der Waals surface area contributed by atoms with Crippen LogP contribution in [-0.2, 0) is 5.41 Å². The van der Waals surface area contributed by atoms with Crippen LogP contribution in [0.4, 0.5) is 0 Å². The molecule has 1 atom stereocenters. The predicted molar refractivity (Wildman–Crippen MR) is 133 cm³/mol. The van der Waals surface area contributed by atoms with Crippen molar-refractivity contribution in [2.24, 2.45) is 0 Å². The third-order valence-electron chi connectivity index (χ3n) is 6.66. The van der Waals surface area contributed by atoms with Gasteiger partial charge in [0, 0.05) is 10.2 Å². The van der Waals surface area contributed by atoms with Gasteiger partial charge in [0.05, 0.1) is 0 Å². The van der Waals surface area contributed by atoms with Crippen LogP contribution in [0.15, 0.2) is 84.4 Å². The van der Waals surface area contributed by atoms with Gasteiger partial charge in [0.1, 0.15) is 0 Å². The second-order valence-electron chi connectivity index (χ2n) is 9.00. The molecule has 0 saturated carbocycles. The van der Waals surface area contributed by atoms with Gasteiger partial charge in [0.2, 0.25) is 0 Å². The third kappa shape index (κ3) is 3.40. The Morgan fingerprint density at radius 2 is 1.63 bits per heavy atom. The first kappa shape index (κ1) is 19.6. The van der Waals surface area contributed by atoms with E-state index in [1.165, 1.54) is 57.4 Å². The highest BCUT2D eigenvalue weighted by Gasteiger charge is 2.35. The minimum atomic E-state index is 0.0265. The minimum absolute atomic E-state index is 0.0265. The van der Waals surface area contributed by atoms with Crippen molar-refractivity contribution in [2.75, 3.05) is 0 Å². The number of hydrogen-bond acceptors (Lipinski definition) is 0. The lowest BCUT2D eigenvalue weighted by atomic mass is 9.80. The number of rotatable bonds is 3. The summed E-state index contributed by atoms with van der Waals surface area (Å²) < 4.78 is 0. The monoisotopic (exact) mass is 454 g/mol. The number of hydrogen-bond donors (Lipinski definition) is 0. The molecule has 0 bridgehead atoms. The van der Waals surface area contributed by atoms with E-state index in [0.29, 0.717) is 4.83 Å². The molecule has 0 heterocycles. The Balaban J connectivity index is 1.67. The van der Waals surface area contributed by atoms with Gasteiger partial charge in [-0.1, -0.05) is 103 Å². The summed E-state index contributed by atoms with van der Waals surface area (Å²) in [5, 5.41) is 0. The molecule has 0 aliphatic heterocycles. The largest absolute Gasteiger partial charge is 0.0845 e. The summed E-state index contributed by atoms with van der Waals surface area (Å²) in [6.45, 7) is 4.72. The minimum Gasteiger partial charge on any atom is -0.0845 e. The summed E-state index contributed by atoms with van der Waals surface area (Å²) in [5.74, 6) is 0. The number of halogens is 1. The average Bonchev–Trinajstić information content (AvgIpc) is 3.00. The molecule has 0 amide bonds. The maximum absolute atomic E-state index is 3.84. The fourth-order valence-corrected chi connectivity index (χ4v) is 5.69. The van der Waals surface area contributed by atoms with Gasteiger partial charge in [-0.05, 0) is 75.9 Å². The van der Waals surface area contributed by atoms with Gasteiger partial charge in [-0.15, -0.1) is 0 Å². The van der Waals surface area contributed by atoms with Crippen molar-refractivity contribution in [3.63, 3.8) is 0 Å². The van der Waals surface area contributed by atoms with Crippen LogP contribution in [0.5, 0.6) is 0 Å². The van der Waals surface area contributed by atoms with Crippen molar-refractivity contribution in [2.45, 2.75) is 43.4 Å². The van der Waals surface area contributed by atoms with Crippen molar-refractivity contribution in [1.82, 2.24) is 0 Å². The molecule has 1 heteroatoms.